The number of rotatable bonds is 5. The Morgan fingerprint density at radius 2 is 2.04 bits per heavy atom. The lowest BCUT2D eigenvalue weighted by Crippen LogP contribution is -2.38. The van der Waals surface area contributed by atoms with Crippen molar-refractivity contribution >= 4 is 16.9 Å². The van der Waals surface area contributed by atoms with Crippen molar-refractivity contribution in [1.29, 1.82) is 0 Å². The molecular weight excluding hydrogens is 322 g/mol. The van der Waals surface area contributed by atoms with Crippen LogP contribution in [0.4, 0.5) is 0 Å². The van der Waals surface area contributed by atoms with Gasteiger partial charge in [-0.05, 0) is 39.0 Å². The molecule has 6 nitrogen and oxygen atoms in total. The molecule has 1 unspecified atom stereocenters. The second-order valence-electron chi connectivity index (χ2n) is 6.27. The number of ether oxygens (including phenoxy) is 1. The molecule has 1 atom stereocenters. The lowest BCUT2D eigenvalue weighted by Gasteiger charge is -2.23. The minimum atomic E-state index is -1.25. The standard InChI is InChI=1S/C19H21NO5/c1-11-8-14(12(2)24-11)19(3,22)10-20-18(21)16-9-13-6-5-7-15(23-4)17(13)25-16/h5-9,22H,10H2,1-4H3,(H,20,21). The third kappa shape index (κ3) is 3.25. The van der Waals surface area contributed by atoms with Gasteiger partial charge in [0.25, 0.3) is 5.91 Å². The number of fused-ring (bicyclic) bond motifs is 1. The highest BCUT2D eigenvalue weighted by Gasteiger charge is 2.29. The summed E-state index contributed by atoms with van der Waals surface area (Å²) in [6, 6.07) is 8.85. The number of aryl methyl sites for hydroxylation is 2. The molecule has 0 bridgehead atoms. The average molecular weight is 343 g/mol. The van der Waals surface area contributed by atoms with Crippen LogP contribution in [0.2, 0.25) is 0 Å². The van der Waals surface area contributed by atoms with Crippen molar-refractivity contribution in [2.45, 2.75) is 26.4 Å². The highest BCUT2D eigenvalue weighted by molar-refractivity contribution is 5.97. The Morgan fingerprint density at radius 3 is 2.68 bits per heavy atom. The second kappa shape index (κ2) is 6.29. The Labute approximate surface area is 145 Å². The van der Waals surface area contributed by atoms with Crippen molar-refractivity contribution in [3.63, 3.8) is 0 Å². The highest BCUT2D eigenvalue weighted by atomic mass is 16.5. The summed E-state index contributed by atoms with van der Waals surface area (Å²) in [7, 11) is 1.55. The largest absolute Gasteiger partial charge is 0.493 e. The molecule has 0 fully saturated rings. The Hall–Kier alpha value is -2.73. The monoisotopic (exact) mass is 343 g/mol. The molecule has 0 spiro atoms. The molecule has 25 heavy (non-hydrogen) atoms. The third-order valence-corrected chi connectivity index (χ3v) is 4.17. The summed E-state index contributed by atoms with van der Waals surface area (Å²) in [5, 5.41) is 14.2. The summed E-state index contributed by atoms with van der Waals surface area (Å²) in [4.78, 5) is 12.4. The summed E-state index contributed by atoms with van der Waals surface area (Å²) in [5.74, 6) is 1.66. The molecule has 132 valence electrons. The van der Waals surface area contributed by atoms with Crippen molar-refractivity contribution < 1.29 is 23.5 Å². The van der Waals surface area contributed by atoms with Gasteiger partial charge in [-0.25, -0.2) is 0 Å². The van der Waals surface area contributed by atoms with Crippen molar-refractivity contribution in [2.75, 3.05) is 13.7 Å². The lowest BCUT2D eigenvalue weighted by molar-refractivity contribution is 0.0507. The van der Waals surface area contributed by atoms with E-state index in [-0.39, 0.29) is 12.3 Å². The van der Waals surface area contributed by atoms with Gasteiger partial charge in [0, 0.05) is 10.9 Å². The molecule has 0 radical (unpaired) electrons. The first kappa shape index (κ1) is 17.1. The first-order valence-corrected chi connectivity index (χ1v) is 7.96. The van der Waals surface area contributed by atoms with Crippen LogP contribution in [0.1, 0.15) is 34.6 Å². The smallest absolute Gasteiger partial charge is 0.287 e. The predicted octanol–water partition coefficient (Wildman–Crippen LogP) is 3.29. The second-order valence-corrected chi connectivity index (χ2v) is 6.27. The molecule has 1 aromatic carbocycles. The van der Waals surface area contributed by atoms with Crippen molar-refractivity contribution in [2.24, 2.45) is 0 Å². The molecule has 0 saturated carbocycles. The molecule has 6 heteroatoms. The summed E-state index contributed by atoms with van der Waals surface area (Å²) in [5.41, 5.74) is -0.0823. The zero-order chi connectivity index (χ0) is 18.2. The molecule has 1 amide bonds. The maximum absolute atomic E-state index is 12.4. The molecule has 0 saturated heterocycles. The zero-order valence-corrected chi connectivity index (χ0v) is 14.7. The predicted molar refractivity (Wildman–Crippen MR) is 92.9 cm³/mol. The van der Waals surface area contributed by atoms with Crippen LogP contribution in [-0.4, -0.2) is 24.7 Å². The van der Waals surface area contributed by atoms with Crippen molar-refractivity contribution in [3.8, 4) is 5.75 Å². The van der Waals surface area contributed by atoms with Crippen LogP contribution >= 0.6 is 0 Å². The van der Waals surface area contributed by atoms with E-state index < -0.39 is 11.5 Å². The number of furan rings is 2. The number of amides is 1. The topological polar surface area (TPSA) is 84.8 Å². The fourth-order valence-electron chi connectivity index (χ4n) is 2.91. The minimum absolute atomic E-state index is 0.0276. The van der Waals surface area contributed by atoms with Gasteiger partial charge in [0.05, 0.1) is 13.7 Å². The fourth-order valence-corrected chi connectivity index (χ4v) is 2.91. The number of nitrogens with one attached hydrogen (secondary N) is 1. The Kier molecular flexibility index (Phi) is 4.30. The van der Waals surface area contributed by atoms with Gasteiger partial charge in [-0.3, -0.25) is 4.79 Å². The summed E-state index contributed by atoms with van der Waals surface area (Å²) < 4.78 is 16.3. The van der Waals surface area contributed by atoms with Crippen molar-refractivity contribution in [1.82, 2.24) is 5.32 Å². The van der Waals surface area contributed by atoms with E-state index >= 15 is 0 Å². The fraction of sp³-hybridized carbons (Fsp3) is 0.316. The average Bonchev–Trinajstić information content (AvgIpc) is 3.15. The number of para-hydroxylation sites is 1. The van der Waals surface area contributed by atoms with Crippen LogP contribution in [0.3, 0.4) is 0 Å². The number of carbonyl (C=O) groups is 1. The molecule has 2 aromatic heterocycles. The van der Waals surface area contributed by atoms with E-state index in [4.69, 9.17) is 13.6 Å². The van der Waals surface area contributed by atoms with Crippen LogP contribution in [0.25, 0.3) is 11.0 Å². The van der Waals surface area contributed by atoms with Crippen LogP contribution < -0.4 is 10.1 Å². The van der Waals surface area contributed by atoms with Crippen LogP contribution in [0.15, 0.2) is 39.2 Å². The van der Waals surface area contributed by atoms with Gasteiger partial charge in [-0.2, -0.15) is 0 Å². The van der Waals surface area contributed by atoms with Gasteiger partial charge in [0.1, 0.15) is 17.1 Å². The molecule has 0 aliphatic carbocycles. The molecule has 0 aliphatic heterocycles. The molecule has 2 N–H and O–H groups in total. The first-order valence-electron chi connectivity index (χ1n) is 7.96. The van der Waals surface area contributed by atoms with Crippen molar-refractivity contribution in [3.05, 3.63) is 53.2 Å². The maximum atomic E-state index is 12.4. The SMILES string of the molecule is COc1cccc2cc(C(=O)NCC(C)(O)c3cc(C)oc3C)oc12. The lowest BCUT2D eigenvalue weighted by atomic mass is 9.96. The van der Waals surface area contributed by atoms with Gasteiger partial charge in [0.15, 0.2) is 17.1 Å². The van der Waals surface area contributed by atoms with E-state index in [1.165, 1.54) is 0 Å². The molecular formula is C19H21NO5. The molecule has 3 rings (SSSR count). The molecule has 0 aliphatic rings. The molecule has 2 heterocycles. The van der Waals surface area contributed by atoms with E-state index in [0.29, 0.717) is 28.4 Å². The van der Waals surface area contributed by atoms with E-state index in [2.05, 4.69) is 5.32 Å². The molecule has 3 aromatic rings. The maximum Gasteiger partial charge on any atom is 0.287 e. The highest BCUT2D eigenvalue weighted by Crippen LogP contribution is 2.29. The van der Waals surface area contributed by atoms with Gasteiger partial charge < -0.3 is 24.0 Å². The van der Waals surface area contributed by atoms with E-state index in [9.17, 15) is 9.90 Å². The number of aliphatic hydroxyl groups is 1. The quantitative estimate of drug-likeness (QED) is 0.742. The van der Waals surface area contributed by atoms with Gasteiger partial charge in [-0.1, -0.05) is 12.1 Å². The minimum Gasteiger partial charge on any atom is -0.493 e. The Morgan fingerprint density at radius 1 is 1.28 bits per heavy atom. The normalized spacial score (nSPS) is 13.6. The van der Waals surface area contributed by atoms with Gasteiger partial charge in [-0.15, -0.1) is 0 Å². The van der Waals surface area contributed by atoms with E-state index in [0.717, 1.165) is 5.39 Å². The van der Waals surface area contributed by atoms with Crippen LogP contribution in [-0.2, 0) is 5.60 Å². The third-order valence-electron chi connectivity index (χ3n) is 4.17. The zero-order valence-electron chi connectivity index (χ0n) is 14.7. The summed E-state index contributed by atoms with van der Waals surface area (Å²) in [6.07, 6.45) is 0. The number of carbonyl (C=O) groups excluding carboxylic acids is 1. The van der Waals surface area contributed by atoms with Crippen LogP contribution in [0, 0.1) is 13.8 Å². The van der Waals surface area contributed by atoms with E-state index in [1.807, 2.05) is 19.1 Å². The summed E-state index contributed by atoms with van der Waals surface area (Å²) in [6.45, 7) is 5.25. The number of methoxy groups -OCH3 is 1. The Bertz CT molecular complexity index is 919. The van der Waals surface area contributed by atoms with Gasteiger partial charge in [0.2, 0.25) is 0 Å². The number of hydrogen-bond acceptors (Lipinski definition) is 5. The summed E-state index contributed by atoms with van der Waals surface area (Å²) >= 11 is 0. The van der Waals surface area contributed by atoms with Gasteiger partial charge >= 0.3 is 0 Å². The van der Waals surface area contributed by atoms with Crippen LogP contribution in [0.5, 0.6) is 5.75 Å². The Balaban J connectivity index is 1.77. The first-order chi connectivity index (χ1) is 11.8. The van der Waals surface area contributed by atoms with E-state index in [1.54, 1.807) is 39.2 Å². The number of hydrogen-bond donors (Lipinski definition) is 2. The number of benzene rings is 1.